The number of nitrogens with zero attached hydrogens (tertiary/aromatic N) is 1. The number of H-pyrrole nitrogens is 1. The number of fused-ring (bicyclic) bond motifs is 1. The first-order valence-corrected chi connectivity index (χ1v) is 8.28. The van der Waals surface area contributed by atoms with Gasteiger partial charge in [0.25, 0.3) is 0 Å². The molecule has 3 nitrogen and oxygen atoms in total. The Hall–Kier alpha value is -2.79. The summed E-state index contributed by atoms with van der Waals surface area (Å²) in [5.74, 6) is -0.269. The van der Waals surface area contributed by atoms with Gasteiger partial charge in [-0.3, -0.25) is 9.78 Å². The Balaban J connectivity index is 2.11. The van der Waals surface area contributed by atoms with Crippen molar-refractivity contribution in [1.82, 2.24) is 9.97 Å². The van der Waals surface area contributed by atoms with Crippen molar-refractivity contribution in [2.24, 2.45) is 0 Å². The molecule has 118 valence electrons. The van der Waals surface area contributed by atoms with Crippen LogP contribution in [0.15, 0.2) is 59.7 Å². The van der Waals surface area contributed by atoms with E-state index in [1.165, 1.54) is 23.5 Å². The zero-order valence-electron chi connectivity index (χ0n) is 12.8. The maximum absolute atomic E-state index is 13.3. The Morgan fingerprint density at radius 3 is 2.46 bits per heavy atom. The topological polar surface area (TPSA) is 45.8 Å². The number of rotatable bonds is 2. The Morgan fingerprint density at radius 2 is 1.75 bits per heavy atom. The van der Waals surface area contributed by atoms with Crippen LogP contribution in [-0.2, 0) is 0 Å². The van der Waals surface area contributed by atoms with Gasteiger partial charge in [0.05, 0.1) is 0 Å². The molecule has 0 fully saturated rings. The van der Waals surface area contributed by atoms with Crippen molar-refractivity contribution in [2.45, 2.75) is 6.92 Å². The van der Waals surface area contributed by atoms with Gasteiger partial charge < -0.3 is 4.98 Å². The van der Waals surface area contributed by atoms with E-state index in [4.69, 9.17) is 0 Å². The summed E-state index contributed by atoms with van der Waals surface area (Å²) in [6, 6.07) is 11.9. The molecule has 4 rings (SSSR count). The van der Waals surface area contributed by atoms with Crippen molar-refractivity contribution in [3.63, 3.8) is 0 Å². The normalized spacial score (nSPS) is 11.1. The van der Waals surface area contributed by atoms with Crippen LogP contribution < -0.4 is 5.56 Å². The van der Waals surface area contributed by atoms with Gasteiger partial charge in [-0.15, -0.1) is 11.3 Å². The van der Waals surface area contributed by atoms with Crippen molar-refractivity contribution < 1.29 is 4.39 Å². The molecule has 0 aliphatic rings. The van der Waals surface area contributed by atoms with Gasteiger partial charge in [-0.1, -0.05) is 12.1 Å². The maximum Gasteiger partial charge on any atom is 0.249 e. The lowest BCUT2D eigenvalue weighted by molar-refractivity contribution is 0.628. The summed E-state index contributed by atoms with van der Waals surface area (Å²) in [5.41, 5.74) is 3.78. The minimum atomic E-state index is -0.269. The number of nitrogens with one attached hydrogen (secondary N) is 1. The fraction of sp³-hybridized carbons (Fsp3) is 0.0526. The second-order valence-electron chi connectivity index (χ2n) is 5.57. The van der Waals surface area contributed by atoms with Gasteiger partial charge in [-0.2, -0.15) is 0 Å². The minimum absolute atomic E-state index is 0.117. The zero-order valence-corrected chi connectivity index (χ0v) is 13.7. The average molecular weight is 336 g/mol. The van der Waals surface area contributed by atoms with E-state index < -0.39 is 0 Å². The molecular weight excluding hydrogens is 323 g/mol. The molecule has 0 atom stereocenters. The monoisotopic (exact) mass is 336 g/mol. The molecule has 24 heavy (non-hydrogen) atoms. The Bertz CT molecular complexity index is 1080. The van der Waals surface area contributed by atoms with Gasteiger partial charge in [0, 0.05) is 34.3 Å². The predicted molar refractivity (Wildman–Crippen MR) is 95.8 cm³/mol. The van der Waals surface area contributed by atoms with Crippen LogP contribution in [0.25, 0.3) is 31.8 Å². The van der Waals surface area contributed by atoms with Crippen LogP contribution in [0.3, 0.4) is 0 Å². The number of hydrogen-bond acceptors (Lipinski definition) is 3. The van der Waals surface area contributed by atoms with Crippen LogP contribution in [-0.4, -0.2) is 9.97 Å². The van der Waals surface area contributed by atoms with E-state index in [0.717, 1.165) is 37.3 Å². The number of aromatic amines is 1. The smallest absolute Gasteiger partial charge is 0.249 e. The van der Waals surface area contributed by atoms with Gasteiger partial charge in [0.15, 0.2) is 0 Å². The first kappa shape index (κ1) is 14.8. The molecule has 5 heteroatoms. The van der Waals surface area contributed by atoms with Crippen molar-refractivity contribution >= 4 is 21.6 Å². The molecule has 1 aromatic carbocycles. The molecular formula is C19H13FN2OS. The van der Waals surface area contributed by atoms with Crippen LogP contribution in [0.5, 0.6) is 0 Å². The van der Waals surface area contributed by atoms with E-state index in [9.17, 15) is 9.18 Å². The number of hydrogen-bond donors (Lipinski definition) is 1. The van der Waals surface area contributed by atoms with Crippen molar-refractivity contribution in [3.05, 3.63) is 76.6 Å². The van der Waals surface area contributed by atoms with Crippen molar-refractivity contribution in [3.8, 4) is 21.6 Å². The van der Waals surface area contributed by atoms with Crippen LogP contribution >= 0.6 is 11.3 Å². The lowest BCUT2D eigenvalue weighted by atomic mass is 9.98. The van der Waals surface area contributed by atoms with Crippen LogP contribution in [0.2, 0.25) is 0 Å². The van der Waals surface area contributed by atoms with Gasteiger partial charge in [0.2, 0.25) is 5.56 Å². The minimum Gasteiger partial charge on any atom is -0.314 e. The van der Waals surface area contributed by atoms with Gasteiger partial charge in [-0.05, 0) is 47.9 Å². The fourth-order valence-electron chi connectivity index (χ4n) is 2.91. The molecule has 0 spiro atoms. The van der Waals surface area contributed by atoms with Crippen LogP contribution in [0.1, 0.15) is 5.56 Å². The summed E-state index contributed by atoms with van der Waals surface area (Å²) in [6.07, 6.45) is 3.49. The third-order valence-electron chi connectivity index (χ3n) is 3.96. The lowest BCUT2D eigenvalue weighted by Gasteiger charge is -2.06. The third-order valence-corrected chi connectivity index (χ3v) is 5.12. The number of benzene rings is 1. The maximum atomic E-state index is 13.3. The fourth-order valence-corrected chi connectivity index (χ4v) is 4.21. The van der Waals surface area contributed by atoms with Crippen molar-refractivity contribution in [1.29, 1.82) is 0 Å². The van der Waals surface area contributed by atoms with Gasteiger partial charge in [0.1, 0.15) is 10.6 Å². The highest BCUT2D eigenvalue weighted by molar-refractivity contribution is 7.22. The van der Waals surface area contributed by atoms with Crippen molar-refractivity contribution in [2.75, 3.05) is 0 Å². The molecule has 0 aliphatic carbocycles. The highest BCUT2D eigenvalue weighted by Gasteiger charge is 2.18. The first-order chi connectivity index (χ1) is 11.6. The van der Waals surface area contributed by atoms with E-state index in [1.54, 1.807) is 30.6 Å². The zero-order chi connectivity index (χ0) is 16.7. The highest BCUT2D eigenvalue weighted by atomic mass is 32.1. The summed E-state index contributed by atoms with van der Waals surface area (Å²) in [7, 11) is 0. The average Bonchev–Trinajstić information content (AvgIpc) is 2.96. The molecule has 3 aromatic heterocycles. The highest BCUT2D eigenvalue weighted by Crippen LogP contribution is 2.44. The molecule has 0 unspecified atom stereocenters. The van der Waals surface area contributed by atoms with Gasteiger partial charge in [-0.25, -0.2) is 4.39 Å². The summed E-state index contributed by atoms with van der Waals surface area (Å²) < 4.78 is 13.3. The number of pyridine rings is 2. The van der Waals surface area contributed by atoms with E-state index in [-0.39, 0.29) is 11.4 Å². The number of halogens is 1. The Morgan fingerprint density at radius 1 is 1.04 bits per heavy atom. The summed E-state index contributed by atoms with van der Waals surface area (Å²) >= 11 is 1.51. The molecule has 0 radical (unpaired) electrons. The number of aromatic nitrogens is 2. The molecule has 4 aromatic rings. The number of thiophene rings is 1. The summed E-state index contributed by atoms with van der Waals surface area (Å²) in [5, 5.41) is 1.02. The largest absolute Gasteiger partial charge is 0.314 e. The van der Waals surface area contributed by atoms with E-state index in [1.807, 2.05) is 19.1 Å². The molecule has 0 saturated carbocycles. The van der Waals surface area contributed by atoms with E-state index in [2.05, 4.69) is 9.97 Å². The first-order valence-electron chi connectivity index (χ1n) is 7.46. The molecule has 0 saturated heterocycles. The Kier molecular flexibility index (Phi) is 3.50. The van der Waals surface area contributed by atoms with E-state index >= 15 is 0 Å². The second kappa shape index (κ2) is 5.69. The lowest BCUT2D eigenvalue weighted by Crippen LogP contribution is -2.03. The van der Waals surface area contributed by atoms with Gasteiger partial charge >= 0.3 is 0 Å². The third kappa shape index (κ3) is 2.43. The Labute approximate surface area is 141 Å². The van der Waals surface area contributed by atoms with Crippen LogP contribution in [0.4, 0.5) is 4.39 Å². The molecule has 0 aliphatic heterocycles. The standard InChI is InChI=1S/C19H13FN2OS/c1-11-10-15(23)22-19-16(11)17(12-6-8-21-9-7-12)18(24-19)13-2-4-14(20)5-3-13/h2-10H,1H3,(H,22,23). The second-order valence-corrected chi connectivity index (χ2v) is 6.59. The summed E-state index contributed by atoms with van der Waals surface area (Å²) in [4.78, 5) is 20.7. The molecule has 0 bridgehead atoms. The van der Waals surface area contributed by atoms with E-state index in [0.29, 0.717) is 0 Å². The number of aryl methyl sites for hydroxylation is 1. The molecule has 1 N–H and O–H groups in total. The predicted octanol–water partition coefficient (Wildman–Crippen LogP) is 4.77. The quantitative estimate of drug-likeness (QED) is 0.573. The summed E-state index contributed by atoms with van der Waals surface area (Å²) in [6.45, 7) is 1.93. The SMILES string of the molecule is Cc1cc(=O)[nH]c2sc(-c3ccc(F)cc3)c(-c3ccncc3)c12. The van der Waals surface area contributed by atoms with Crippen LogP contribution in [0, 0.1) is 12.7 Å². The molecule has 3 heterocycles. The molecule has 0 amide bonds.